The van der Waals surface area contributed by atoms with Crippen LogP contribution in [-0.2, 0) is 6.54 Å². The van der Waals surface area contributed by atoms with Crippen molar-refractivity contribution in [3.8, 4) is 6.07 Å². The van der Waals surface area contributed by atoms with E-state index in [1.165, 1.54) is 22.3 Å². The molecular weight excluding hydrogens is 244 g/mol. The fourth-order valence-electron chi connectivity index (χ4n) is 1.86. The van der Waals surface area contributed by atoms with Gasteiger partial charge in [-0.15, -0.1) is 0 Å². The predicted octanol–water partition coefficient (Wildman–Crippen LogP) is 3.11. The summed E-state index contributed by atoms with van der Waals surface area (Å²) < 4.78 is 0. The van der Waals surface area contributed by atoms with Crippen LogP contribution in [0.25, 0.3) is 10.9 Å². The molecule has 5 heteroatoms. The zero-order valence-electron chi connectivity index (χ0n) is 9.47. The molecule has 18 heavy (non-hydrogen) atoms. The van der Waals surface area contributed by atoms with E-state index in [2.05, 4.69) is 33.5 Å². The lowest BCUT2D eigenvalue weighted by Crippen LogP contribution is -1.97. The largest absolute Gasteiger partial charge is 0.361 e. The molecule has 0 saturated heterocycles. The smallest absolute Gasteiger partial charge is 0.184 e. The molecule has 0 fully saturated rings. The summed E-state index contributed by atoms with van der Waals surface area (Å²) in [4.78, 5) is 7.99. The van der Waals surface area contributed by atoms with Gasteiger partial charge in [-0.25, -0.2) is 4.98 Å². The van der Waals surface area contributed by atoms with Gasteiger partial charge >= 0.3 is 0 Å². The van der Waals surface area contributed by atoms with Gasteiger partial charge in [0.2, 0.25) is 0 Å². The molecule has 2 heterocycles. The third-order valence-electron chi connectivity index (χ3n) is 2.72. The number of aromatic nitrogens is 2. The average molecular weight is 254 g/mol. The van der Waals surface area contributed by atoms with Gasteiger partial charge in [-0.2, -0.15) is 5.26 Å². The van der Waals surface area contributed by atoms with E-state index in [1.807, 2.05) is 18.3 Å². The summed E-state index contributed by atoms with van der Waals surface area (Å²) >= 11 is 1.37. The Morgan fingerprint density at radius 1 is 1.39 bits per heavy atom. The van der Waals surface area contributed by atoms with Crippen LogP contribution in [0.2, 0.25) is 0 Å². The van der Waals surface area contributed by atoms with E-state index in [-0.39, 0.29) is 0 Å². The highest BCUT2D eigenvalue weighted by Crippen LogP contribution is 2.21. The summed E-state index contributed by atoms with van der Waals surface area (Å²) in [5.41, 5.74) is 2.32. The number of fused-ring (bicyclic) bond motifs is 1. The van der Waals surface area contributed by atoms with Crippen molar-refractivity contribution in [1.29, 1.82) is 5.26 Å². The van der Waals surface area contributed by atoms with Gasteiger partial charge < -0.3 is 10.3 Å². The van der Waals surface area contributed by atoms with Crippen molar-refractivity contribution in [2.24, 2.45) is 0 Å². The average Bonchev–Trinajstić information content (AvgIpc) is 3.03. The first-order valence-electron chi connectivity index (χ1n) is 5.51. The highest BCUT2D eigenvalue weighted by Gasteiger charge is 2.04. The van der Waals surface area contributed by atoms with Crippen LogP contribution in [0.1, 0.15) is 10.4 Å². The van der Waals surface area contributed by atoms with Crippen LogP contribution in [0.5, 0.6) is 0 Å². The number of aromatic amines is 1. The molecule has 0 aliphatic heterocycles. The Bertz CT molecular complexity index is 720. The quantitative estimate of drug-likeness (QED) is 0.754. The van der Waals surface area contributed by atoms with Gasteiger partial charge in [0.25, 0.3) is 0 Å². The SMILES string of the molecule is N#Cc1cnc(NCc2c[nH]c3ccccc23)s1. The highest BCUT2D eigenvalue weighted by molar-refractivity contribution is 7.16. The van der Waals surface area contributed by atoms with Gasteiger partial charge in [0.05, 0.1) is 6.20 Å². The number of para-hydroxylation sites is 1. The Hall–Kier alpha value is -2.32. The van der Waals surface area contributed by atoms with Gasteiger partial charge in [-0.05, 0) is 11.6 Å². The van der Waals surface area contributed by atoms with E-state index < -0.39 is 0 Å². The van der Waals surface area contributed by atoms with Crippen LogP contribution in [0.3, 0.4) is 0 Å². The molecule has 0 radical (unpaired) electrons. The molecule has 0 aliphatic carbocycles. The molecule has 0 saturated carbocycles. The van der Waals surface area contributed by atoms with Crippen molar-refractivity contribution >= 4 is 27.4 Å². The summed E-state index contributed by atoms with van der Waals surface area (Å²) in [6, 6.07) is 10.3. The molecule has 1 aromatic carbocycles. The Morgan fingerprint density at radius 3 is 3.11 bits per heavy atom. The number of nitrogens with zero attached hydrogens (tertiary/aromatic N) is 2. The van der Waals surface area contributed by atoms with Crippen LogP contribution in [0, 0.1) is 11.3 Å². The lowest BCUT2D eigenvalue weighted by molar-refractivity contribution is 1.15. The van der Waals surface area contributed by atoms with Crippen LogP contribution in [-0.4, -0.2) is 9.97 Å². The fourth-order valence-corrected chi connectivity index (χ4v) is 2.47. The van der Waals surface area contributed by atoms with Gasteiger partial charge in [0.1, 0.15) is 10.9 Å². The number of benzene rings is 1. The second-order valence-corrected chi connectivity index (χ2v) is 4.89. The van der Waals surface area contributed by atoms with Crippen LogP contribution in [0.4, 0.5) is 5.13 Å². The van der Waals surface area contributed by atoms with Crippen LogP contribution >= 0.6 is 11.3 Å². The van der Waals surface area contributed by atoms with E-state index in [0.717, 1.165) is 10.6 Å². The number of hydrogen-bond donors (Lipinski definition) is 2. The molecule has 3 rings (SSSR count). The molecule has 2 aromatic heterocycles. The lowest BCUT2D eigenvalue weighted by atomic mass is 10.2. The maximum absolute atomic E-state index is 8.73. The van der Waals surface area contributed by atoms with Gasteiger partial charge in [-0.1, -0.05) is 29.5 Å². The third kappa shape index (κ3) is 1.94. The molecule has 0 atom stereocenters. The second-order valence-electron chi connectivity index (χ2n) is 3.85. The summed E-state index contributed by atoms with van der Waals surface area (Å²) in [5.74, 6) is 0. The predicted molar refractivity (Wildman–Crippen MR) is 72.5 cm³/mol. The number of anilines is 1. The van der Waals surface area contributed by atoms with E-state index in [9.17, 15) is 0 Å². The number of thiazole rings is 1. The number of rotatable bonds is 3. The van der Waals surface area contributed by atoms with Crippen molar-refractivity contribution in [2.45, 2.75) is 6.54 Å². The first-order chi connectivity index (χ1) is 8.86. The normalized spacial score (nSPS) is 10.4. The first kappa shape index (κ1) is 10.8. The lowest BCUT2D eigenvalue weighted by Gasteiger charge is -2.00. The van der Waals surface area contributed by atoms with Crippen LogP contribution in [0.15, 0.2) is 36.7 Å². The van der Waals surface area contributed by atoms with Gasteiger partial charge in [0, 0.05) is 23.6 Å². The van der Waals surface area contributed by atoms with E-state index >= 15 is 0 Å². The zero-order valence-corrected chi connectivity index (χ0v) is 10.3. The Balaban J connectivity index is 1.79. The van der Waals surface area contributed by atoms with Crippen molar-refractivity contribution in [1.82, 2.24) is 9.97 Å². The molecule has 0 spiro atoms. The van der Waals surface area contributed by atoms with Crippen LogP contribution < -0.4 is 5.32 Å². The van der Waals surface area contributed by atoms with Gasteiger partial charge in [0.15, 0.2) is 5.13 Å². The highest BCUT2D eigenvalue weighted by atomic mass is 32.1. The Morgan fingerprint density at radius 2 is 2.28 bits per heavy atom. The summed E-state index contributed by atoms with van der Waals surface area (Å²) in [6.07, 6.45) is 3.58. The minimum atomic E-state index is 0.622. The van der Waals surface area contributed by atoms with Crippen molar-refractivity contribution < 1.29 is 0 Å². The number of hydrogen-bond acceptors (Lipinski definition) is 4. The standard InChI is InChI=1S/C13H10N4S/c14-5-10-8-17-13(18-10)16-7-9-6-15-12-4-2-1-3-11(9)12/h1-4,6,8,15H,7H2,(H,16,17). The Labute approximate surface area is 108 Å². The number of H-pyrrole nitrogens is 1. The molecular formula is C13H10N4S. The van der Waals surface area contributed by atoms with Crippen molar-refractivity contribution in [3.63, 3.8) is 0 Å². The summed E-state index contributed by atoms with van der Waals surface area (Å²) in [6.45, 7) is 0.697. The molecule has 4 nitrogen and oxygen atoms in total. The number of nitriles is 1. The molecule has 2 N–H and O–H groups in total. The van der Waals surface area contributed by atoms with E-state index in [4.69, 9.17) is 5.26 Å². The Kier molecular flexibility index (Phi) is 2.71. The minimum absolute atomic E-state index is 0.622. The van der Waals surface area contributed by atoms with Crippen molar-refractivity contribution in [3.05, 3.63) is 47.1 Å². The maximum Gasteiger partial charge on any atom is 0.184 e. The molecule has 3 aromatic rings. The summed E-state index contributed by atoms with van der Waals surface area (Å²) in [7, 11) is 0. The third-order valence-corrected chi connectivity index (χ3v) is 3.58. The summed E-state index contributed by atoms with van der Waals surface area (Å²) in [5, 5.41) is 13.9. The van der Waals surface area contributed by atoms with Gasteiger partial charge in [-0.3, -0.25) is 0 Å². The molecule has 0 aliphatic rings. The number of nitrogens with one attached hydrogen (secondary N) is 2. The molecule has 0 unspecified atom stereocenters. The zero-order chi connectivity index (χ0) is 12.4. The molecule has 88 valence electrons. The maximum atomic E-state index is 8.73. The van der Waals surface area contributed by atoms with Crippen molar-refractivity contribution in [2.75, 3.05) is 5.32 Å². The molecule has 0 amide bonds. The molecule has 0 bridgehead atoms. The minimum Gasteiger partial charge on any atom is -0.361 e. The van der Waals surface area contributed by atoms with E-state index in [1.54, 1.807) is 6.20 Å². The first-order valence-corrected chi connectivity index (χ1v) is 6.33. The monoisotopic (exact) mass is 254 g/mol. The topological polar surface area (TPSA) is 64.5 Å². The second kappa shape index (κ2) is 4.51. The van der Waals surface area contributed by atoms with E-state index in [0.29, 0.717) is 11.4 Å². The fraction of sp³-hybridized carbons (Fsp3) is 0.0769.